The molecule has 2 atom stereocenters. The Morgan fingerprint density at radius 2 is 2.17 bits per heavy atom. The van der Waals surface area contributed by atoms with Crippen molar-refractivity contribution in [2.24, 2.45) is 16.3 Å². The van der Waals surface area contributed by atoms with E-state index in [1.807, 2.05) is 0 Å². The van der Waals surface area contributed by atoms with Crippen LogP contribution in [-0.2, 0) is 14.8 Å². The van der Waals surface area contributed by atoms with E-state index in [1.165, 1.54) is 0 Å². The molecule has 0 saturated heterocycles. The third-order valence-electron chi connectivity index (χ3n) is 1.93. The van der Waals surface area contributed by atoms with E-state index in [0.29, 0.717) is 0 Å². The van der Waals surface area contributed by atoms with Crippen molar-refractivity contribution in [3.05, 3.63) is 0 Å². The molecule has 0 bridgehead atoms. The van der Waals surface area contributed by atoms with Crippen LogP contribution in [0.15, 0.2) is 0 Å². The van der Waals surface area contributed by atoms with Crippen LogP contribution in [0.3, 0.4) is 0 Å². The summed E-state index contributed by atoms with van der Waals surface area (Å²) in [5, 5.41) is 12.1. The van der Waals surface area contributed by atoms with Crippen molar-refractivity contribution in [2.45, 2.75) is 11.7 Å². The zero-order valence-corrected chi connectivity index (χ0v) is 6.84. The molecule has 0 unspecified atom stereocenters. The molecule has 1 aliphatic rings. The molecule has 1 rings (SSSR count). The number of nitriles is 1. The summed E-state index contributed by atoms with van der Waals surface area (Å²) in [5.74, 6) is -0.927. The number of carbonyl (C=O) groups is 1. The van der Waals surface area contributed by atoms with E-state index >= 15 is 0 Å². The van der Waals surface area contributed by atoms with Gasteiger partial charge in [-0.25, -0.2) is 13.6 Å². The molecular formula is C5H7N3O3S. The zero-order valence-electron chi connectivity index (χ0n) is 6.02. The molecule has 12 heavy (non-hydrogen) atoms. The highest BCUT2D eigenvalue weighted by atomic mass is 32.2. The predicted molar refractivity (Wildman–Crippen MR) is 38.8 cm³/mol. The van der Waals surface area contributed by atoms with Gasteiger partial charge in [0, 0.05) is 0 Å². The molecule has 1 amide bonds. The van der Waals surface area contributed by atoms with Crippen LogP contribution in [0.1, 0.15) is 6.42 Å². The average molecular weight is 189 g/mol. The predicted octanol–water partition coefficient (Wildman–Crippen LogP) is -1.96. The van der Waals surface area contributed by atoms with Gasteiger partial charge in [-0.2, -0.15) is 5.26 Å². The summed E-state index contributed by atoms with van der Waals surface area (Å²) in [7, 11) is -3.82. The fraction of sp³-hybridized carbons (Fsp3) is 0.600. The first kappa shape index (κ1) is 8.96. The monoisotopic (exact) mass is 189 g/mol. The van der Waals surface area contributed by atoms with Crippen molar-refractivity contribution in [2.75, 3.05) is 0 Å². The Balaban J connectivity index is 2.99. The smallest absolute Gasteiger partial charge is 0.239 e. The fourth-order valence-electron chi connectivity index (χ4n) is 1.06. The third kappa shape index (κ3) is 1.05. The third-order valence-corrected chi connectivity index (χ3v) is 3.29. The van der Waals surface area contributed by atoms with Gasteiger partial charge in [0.05, 0.1) is 6.07 Å². The van der Waals surface area contributed by atoms with Crippen LogP contribution in [0.4, 0.5) is 0 Å². The first-order valence-corrected chi connectivity index (χ1v) is 4.68. The maximum Gasteiger partial charge on any atom is 0.239 e. The summed E-state index contributed by atoms with van der Waals surface area (Å²) in [6.07, 6.45) is -0.0856. The first-order valence-electron chi connectivity index (χ1n) is 3.07. The Bertz CT molecular complexity index is 368. The Labute approximate surface area is 69.2 Å². The molecule has 66 valence electrons. The highest BCUT2D eigenvalue weighted by Crippen LogP contribution is 2.48. The topological polar surface area (TPSA) is 127 Å². The van der Waals surface area contributed by atoms with E-state index in [4.69, 9.17) is 16.1 Å². The molecular weight excluding hydrogens is 182 g/mol. The lowest BCUT2D eigenvalue weighted by Crippen LogP contribution is -2.31. The number of hydrogen-bond acceptors (Lipinski definition) is 4. The van der Waals surface area contributed by atoms with Crippen LogP contribution >= 0.6 is 0 Å². The highest BCUT2D eigenvalue weighted by molar-refractivity contribution is 7.90. The summed E-state index contributed by atoms with van der Waals surface area (Å²) in [6, 6.07) is 1.57. The van der Waals surface area contributed by atoms with Gasteiger partial charge in [0.2, 0.25) is 15.9 Å². The van der Waals surface area contributed by atoms with E-state index in [-0.39, 0.29) is 6.42 Å². The minimum atomic E-state index is -3.82. The van der Waals surface area contributed by atoms with E-state index in [9.17, 15) is 13.2 Å². The number of nitrogens with two attached hydrogens (primary N) is 2. The lowest BCUT2D eigenvalue weighted by molar-refractivity contribution is -0.121. The van der Waals surface area contributed by atoms with Gasteiger partial charge in [-0.1, -0.05) is 0 Å². The van der Waals surface area contributed by atoms with Gasteiger partial charge in [0.1, 0.15) is 5.25 Å². The summed E-state index contributed by atoms with van der Waals surface area (Å²) < 4.78 is 21.4. The van der Waals surface area contributed by atoms with Crippen LogP contribution in [-0.4, -0.2) is 19.6 Å². The molecule has 4 N–H and O–H groups in total. The number of carbonyl (C=O) groups excluding carboxylic acids is 1. The van der Waals surface area contributed by atoms with E-state index in [0.717, 1.165) is 0 Å². The van der Waals surface area contributed by atoms with Crippen molar-refractivity contribution in [3.8, 4) is 6.07 Å². The molecule has 1 fully saturated rings. The Morgan fingerprint density at radius 1 is 1.67 bits per heavy atom. The maximum absolute atomic E-state index is 10.7. The second-order valence-electron chi connectivity index (χ2n) is 2.73. The van der Waals surface area contributed by atoms with Crippen molar-refractivity contribution < 1.29 is 13.2 Å². The van der Waals surface area contributed by atoms with E-state index in [2.05, 4.69) is 0 Å². The summed E-state index contributed by atoms with van der Waals surface area (Å²) in [6.45, 7) is 0. The van der Waals surface area contributed by atoms with Gasteiger partial charge >= 0.3 is 0 Å². The zero-order chi connectivity index (χ0) is 9.57. The normalized spacial score (nSPS) is 33.8. The molecule has 0 aromatic heterocycles. The summed E-state index contributed by atoms with van der Waals surface area (Å²) >= 11 is 0. The second kappa shape index (κ2) is 2.18. The standard InChI is InChI=1S/C5H7N3O3S/c6-2-5(4(7)9)1-3(5)12(8,10)11/h3H,1H2,(H2,7,9)(H2,8,10,11)/t3-,5+/m1/s1. The van der Waals surface area contributed by atoms with Crippen molar-refractivity contribution in [1.29, 1.82) is 5.26 Å². The van der Waals surface area contributed by atoms with Gasteiger partial charge in [-0.3, -0.25) is 4.79 Å². The molecule has 1 saturated carbocycles. The van der Waals surface area contributed by atoms with Crippen molar-refractivity contribution in [1.82, 2.24) is 0 Å². The molecule has 1 aliphatic carbocycles. The van der Waals surface area contributed by atoms with Crippen LogP contribution in [0.25, 0.3) is 0 Å². The number of amides is 1. The van der Waals surface area contributed by atoms with Gasteiger partial charge in [-0.05, 0) is 6.42 Å². The maximum atomic E-state index is 10.7. The SMILES string of the molecule is N#C[C@@]1(C(N)=O)C[C@H]1S(N)(=O)=O. The van der Waals surface area contributed by atoms with Crippen molar-refractivity contribution >= 4 is 15.9 Å². The minimum absolute atomic E-state index is 0.0856. The van der Waals surface area contributed by atoms with Crippen LogP contribution in [0.5, 0.6) is 0 Å². The van der Waals surface area contributed by atoms with Crippen LogP contribution in [0.2, 0.25) is 0 Å². The molecule has 7 heteroatoms. The van der Waals surface area contributed by atoms with E-state index in [1.54, 1.807) is 6.07 Å². The fourth-order valence-corrected chi connectivity index (χ4v) is 2.29. The average Bonchev–Trinajstić information content (AvgIpc) is 2.60. The van der Waals surface area contributed by atoms with Gasteiger partial charge in [0.15, 0.2) is 5.41 Å². The number of primary sulfonamides is 1. The lowest BCUT2D eigenvalue weighted by Gasteiger charge is -1.99. The largest absolute Gasteiger partial charge is 0.368 e. The van der Waals surface area contributed by atoms with Crippen molar-refractivity contribution in [3.63, 3.8) is 0 Å². The quantitative estimate of drug-likeness (QED) is 0.522. The number of primary amides is 1. The molecule has 0 aromatic rings. The first-order chi connectivity index (χ1) is 5.34. The number of nitrogens with zero attached hydrogens (tertiary/aromatic N) is 1. The summed E-state index contributed by atoms with van der Waals surface area (Å²) in [4.78, 5) is 10.7. The number of sulfonamides is 1. The number of hydrogen-bond donors (Lipinski definition) is 2. The molecule has 0 aliphatic heterocycles. The number of rotatable bonds is 2. The molecule has 0 heterocycles. The molecule has 0 spiro atoms. The molecule has 6 nitrogen and oxygen atoms in total. The summed E-state index contributed by atoms with van der Waals surface area (Å²) in [5.41, 5.74) is 3.27. The van der Waals surface area contributed by atoms with Gasteiger partial charge in [-0.15, -0.1) is 0 Å². The Morgan fingerprint density at radius 3 is 2.25 bits per heavy atom. The molecule has 0 radical (unpaired) electrons. The Kier molecular flexibility index (Phi) is 1.63. The van der Waals surface area contributed by atoms with Crippen LogP contribution < -0.4 is 10.9 Å². The van der Waals surface area contributed by atoms with Gasteiger partial charge < -0.3 is 5.73 Å². The Hall–Kier alpha value is -1.13. The van der Waals surface area contributed by atoms with E-state index < -0.39 is 26.6 Å². The van der Waals surface area contributed by atoms with Crippen LogP contribution in [0, 0.1) is 16.7 Å². The second-order valence-corrected chi connectivity index (χ2v) is 4.48. The lowest BCUT2D eigenvalue weighted by atomic mass is 10.1. The van der Waals surface area contributed by atoms with Gasteiger partial charge in [0.25, 0.3) is 0 Å². The minimum Gasteiger partial charge on any atom is -0.368 e. The highest BCUT2D eigenvalue weighted by Gasteiger charge is 2.65. The molecule has 0 aromatic carbocycles.